The Labute approximate surface area is 127 Å². The Morgan fingerprint density at radius 2 is 1.95 bits per heavy atom. The summed E-state index contributed by atoms with van der Waals surface area (Å²) in [4.78, 5) is 12.1. The summed E-state index contributed by atoms with van der Waals surface area (Å²) in [6.07, 6.45) is 3.74. The lowest BCUT2D eigenvalue weighted by Crippen LogP contribution is -2.45. The molecule has 1 aromatic carbocycles. The van der Waals surface area contributed by atoms with Crippen LogP contribution in [0.1, 0.15) is 52.0 Å². The van der Waals surface area contributed by atoms with Crippen LogP contribution in [0.4, 0.5) is 0 Å². The molecule has 1 aromatic rings. The Morgan fingerprint density at radius 1 is 1.33 bits per heavy atom. The molecule has 0 bridgehead atoms. The van der Waals surface area contributed by atoms with Crippen molar-refractivity contribution in [3.63, 3.8) is 0 Å². The van der Waals surface area contributed by atoms with Gasteiger partial charge in [0.15, 0.2) is 0 Å². The zero-order valence-electron chi connectivity index (χ0n) is 13.5. The first-order valence-electron chi connectivity index (χ1n) is 7.83. The van der Waals surface area contributed by atoms with Crippen molar-refractivity contribution in [3.05, 3.63) is 47.5 Å². The molecule has 0 aromatic heterocycles. The molecule has 114 valence electrons. The van der Waals surface area contributed by atoms with E-state index < -0.39 is 11.4 Å². The monoisotopic (exact) mass is 286 g/mol. The smallest absolute Gasteiger partial charge is 0.310 e. The highest BCUT2D eigenvalue weighted by Crippen LogP contribution is 2.50. The van der Waals surface area contributed by atoms with E-state index in [0.29, 0.717) is 6.42 Å². The molecule has 0 amide bonds. The van der Waals surface area contributed by atoms with Crippen molar-refractivity contribution in [1.82, 2.24) is 0 Å². The topological polar surface area (TPSA) is 37.3 Å². The van der Waals surface area contributed by atoms with E-state index in [1.165, 1.54) is 11.1 Å². The maximum Gasteiger partial charge on any atom is 0.310 e. The van der Waals surface area contributed by atoms with E-state index in [9.17, 15) is 9.90 Å². The van der Waals surface area contributed by atoms with E-state index >= 15 is 0 Å². The third-order valence-electron chi connectivity index (χ3n) is 5.27. The van der Waals surface area contributed by atoms with E-state index in [0.717, 1.165) is 6.42 Å². The van der Waals surface area contributed by atoms with Gasteiger partial charge >= 0.3 is 5.97 Å². The zero-order valence-corrected chi connectivity index (χ0v) is 13.5. The summed E-state index contributed by atoms with van der Waals surface area (Å²) >= 11 is 0. The van der Waals surface area contributed by atoms with Crippen LogP contribution < -0.4 is 0 Å². The van der Waals surface area contributed by atoms with Crippen molar-refractivity contribution in [2.24, 2.45) is 17.3 Å². The second kappa shape index (κ2) is 6.05. The normalized spacial score (nSPS) is 30.6. The predicted molar refractivity (Wildman–Crippen MR) is 86.2 cm³/mol. The largest absolute Gasteiger partial charge is 0.481 e. The molecule has 2 rings (SSSR count). The number of hydrogen-bond donors (Lipinski definition) is 1. The lowest BCUT2D eigenvalue weighted by Gasteiger charge is -2.44. The average Bonchev–Trinajstić information content (AvgIpc) is 2.43. The van der Waals surface area contributed by atoms with Crippen LogP contribution in [0.15, 0.2) is 42.0 Å². The van der Waals surface area contributed by atoms with Gasteiger partial charge in [-0.15, -0.1) is 0 Å². The van der Waals surface area contributed by atoms with E-state index in [2.05, 4.69) is 45.9 Å². The maximum atomic E-state index is 12.1. The molecular formula is C19H26O2. The number of benzene rings is 1. The van der Waals surface area contributed by atoms with Crippen LogP contribution in [0.25, 0.3) is 0 Å². The maximum absolute atomic E-state index is 12.1. The molecule has 2 heteroatoms. The van der Waals surface area contributed by atoms with Crippen LogP contribution in [-0.4, -0.2) is 11.1 Å². The minimum Gasteiger partial charge on any atom is -0.481 e. The van der Waals surface area contributed by atoms with Gasteiger partial charge in [0, 0.05) is 0 Å². The molecule has 0 heterocycles. The van der Waals surface area contributed by atoms with Gasteiger partial charge in [0.05, 0.1) is 5.41 Å². The van der Waals surface area contributed by atoms with E-state index in [1.54, 1.807) is 0 Å². The number of carboxylic acids is 1. The first-order valence-corrected chi connectivity index (χ1v) is 7.83. The molecule has 2 nitrogen and oxygen atoms in total. The SMILES string of the molecule is CC1=CC(C)C(CC(C)c2ccccc2)(C(=O)O)C(C)C1. The lowest BCUT2D eigenvalue weighted by molar-refractivity contribution is -0.157. The fourth-order valence-corrected chi connectivity index (χ4v) is 4.04. The molecule has 0 fully saturated rings. The Morgan fingerprint density at radius 3 is 2.48 bits per heavy atom. The number of carbonyl (C=O) groups is 1. The quantitative estimate of drug-likeness (QED) is 0.801. The van der Waals surface area contributed by atoms with Gasteiger partial charge in [-0.1, -0.05) is 62.8 Å². The highest BCUT2D eigenvalue weighted by molar-refractivity contribution is 5.76. The van der Waals surface area contributed by atoms with Gasteiger partial charge in [-0.25, -0.2) is 0 Å². The van der Waals surface area contributed by atoms with Crippen molar-refractivity contribution < 1.29 is 9.90 Å². The fraction of sp³-hybridized carbons (Fsp3) is 0.526. The molecule has 0 saturated heterocycles. The first-order chi connectivity index (χ1) is 9.87. The summed E-state index contributed by atoms with van der Waals surface area (Å²) in [5.74, 6) is -0.154. The molecule has 21 heavy (non-hydrogen) atoms. The van der Waals surface area contributed by atoms with Crippen molar-refractivity contribution in [2.45, 2.75) is 46.5 Å². The predicted octanol–water partition coefficient (Wildman–Crippen LogP) is 4.87. The van der Waals surface area contributed by atoms with Gasteiger partial charge in [0.1, 0.15) is 0 Å². The van der Waals surface area contributed by atoms with Crippen LogP contribution in [0.2, 0.25) is 0 Å². The molecule has 0 spiro atoms. The second-order valence-electron chi connectivity index (χ2n) is 6.77. The summed E-state index contributed by atoms with van der Waals surface area (Å²) in [5, 5.41) is 9.98. The minimum atomic E-state index is -0.658. The second-order valence-corrected chi connectivity index (χ2v) is 6.77. The summed E-state index contributed by atoms with van der Waals surface area (Å²) in [6, 6.07) is 10.2. The van der Waals surface area contributed by atoms with Crippen molar-refractivity contribution in [3.8, 4) is 0 Å². The fourth-order valence-electron chi connectivity index (χ4n) is 4.04. The molecule has 1 aliphatic rings. The number of rotatable bonds is 4. The molecule has 1 aliphatic carbocycles. The highest BCUT2D eigenvalue weighted by atomic mass is 16.4. The lowest BCUT2D eigenvalue weighted by atomic mass is 9.58. The Kier molecular flexibility index (Phi) is 4.55. The van der Waals surface area contributed by atoms with E-state index in [1.807, 2.05) is 18.2 Å². The molecule has 0 saturated carbocycles. The number of carboxylic acid groups (broad SMARTS) is 1. The average molecular weight is 286 g/mol. The van der Waals surface area contributed by atoms with Crippen LogP contribution in [0.5, 0.6) is 0 Å². The minimum absolute atomic E-state index is 0.0740. The molecule has 0 radical (unpaired) electrons. The third-order valence-corrected chi connectivity index (χ3v) is 5.27. The molecular weight excluding hydrogens is 260 g/mol. The van der Waals surface area contributed by atoms with Crippen LogP contribution in [0.3, 0.4) is 0 Å². The number of allylic oxidation sites excluding steroid dienone is 2. The summed E-state index contributed by atoms with van der Waals surface area (Å²) < 4.78 is 0. The van der Waals surface area contributed by atoms with Crippen molar-refractivity contribution >= 4 is 5.97 Å². The van der Waals surface area contributed by atoms with Gasteiger partial charge in [-0.2, -0.15) is 0 Å². The summed E-state index contributed by atoms with van der Waals surface area (Å²) in [5.41, 5.74) is 1.89. The Bertz CT molecular complexity index is 532. The molecule has 0 aliphatic heterocycles. The van der Waals surface area contributed by atoms with E-state index in [-0.39, 0.29) is 17.8 Å². The van der Waals surface area contributed by atoms with Crippen LogP contribution >= 0.6 is 0 Å². The number of aliphatic carboxylic acids is 1. The van der Waals surface area contributed by atoms with Crippen molar-refractivity contribution in [1.29, 1.82) is 0 Å². The van der Waals surface area contributed by atoms with Gasteiger partial charge in [0.25, 0.3) is 0 Å². The van der Waals surface area contributed by atoms with Gasteiger partial charge in [-0.3, -0.25) is 4.79 Å². The standard InChI is InChI=1S/C19H26O2/c1-13-10-15(3)19(18(20)21,16(4)11-13)12-14(2)17-8-6-5-7-9-17/h5-10,14-16H,11-12H2,1-4H3,(H,20,21). The van der Waals surface area contributed by atoms with Crippen LogP contribution in [0, 0.1) is 17.3 Å². The molecule has 1 N–H and O–H groups in total. The van der Waals surface area contributed by atoms with Gasteiger partial charge < -0.3 is 5.11 Å². The summed E-state index contributed by atoms with van der Waals surface area (Å²) in [7, 11) is 0. The summed E-state index contributed by atoms with van der Waals surface area (Å²) in [6.45, 7) is 8.41. The van der Waals surface area contributed by atoms with Gasteiger partial charge in [-0.05, 0) is 43.1 Å². The first kappa shape index (κ1) is 15.8. The molecule has 4 atom stereocenters. The number of hydrogen-bond acceptors (Lipinski definition) is 1. The third kappa shape index (κ3) is 2.90. The zero-order chi connectivity index (χ0) is 15.6. The Hall–Kier alpha value is -1.57. The van der Waals surface area contributed by atoms with Crippen molar-refractivity contribution in [2.75, 3.05) is 0 Å². The molecule has 4 unspecified atom stereocenters. The van der Waals surface area contributed by atoms with Gasteiger partial charge in [0.2, 0.25) is 0 Å². The van der Waals surface area contributed by atoms with E-state index in [4.69, 9.17) is 0 Å². The highest BCUT2D eigenvalue weighted by Gasteiger charge is 2.49. The Balaban J connectivity index is 2.33. The van der Waals surface area contributed by atoms with Crippen LogP contribution in [-0.2, 0) is 4.79 Å².